The molecule has 1 aliphatic heterocycles. The third-order valence-electron chi connectivity index (χ3n) is 6.40. The molecule has 0 aliphatic carbocycles. The number of amides is 2. The van der Waals surface area contributed by atoms with Gasteiger partial charge in [-0.05, 0) is 42.0 Å². The molecule has 1 aromatic heterocycles. The fourth-order valence-electron chi connectivity index (χ4n) is 4.64. The highest BCUT2D eigenvalue weighted by Crippen LogP contribution is 2.39. The SMILES string of the molecule is CN(C)C(=O)C1(Cc2ccccc2-c2ccccc2)CCN(C(=O)c2ccc(=O)[nH]n2)CC1. The molecule has 2 aromatic carbocycles. The molecule has 7 heteroatoms. The molecule has 4 rings (SSSR count). The summed E-state index contributed by atoms with van der Waals surface area (Å²) in [4.78, 5) is 40.9. The summed E-state index contributed by atoms with van der Waals surface area (Å²) in [5.74, 6) is -0.151. The largest absolute Gasteiger partial charge is 0.348 e. The van der Waals surface area contributed by atoms with Crippen LogP contribution < -0.4 is 5.56 Å². The van der Waals surface area contributed by atoms with Crippen molar-refractivity contribution >= 4 is 11.8 Å². The Balaban J connectivity index is 1.60. The summed E-state index contributed by atoms with van der Waals surface area (Å²) in [7, 11) is 3.57. The number of carbonyl (C=O) groups is 2. The molecule has 3 aromatic rings. The first-order valence-electron chi connectivity index (χ1n) is 11.1. The van der Waals surface area contributed by atoms with Crippen molar-refractivity contribution in [3.63, 3.8) is 0 Å². The maximum atomic E-state index is 13.4. The van der Waals surface area contributed by atoms with Gasteiger partial charge in [-0.1, -0.05) is 54.6 Å². The van der Waals surface area contributed by atoms with Crippen molar-refractivity contribution in [1.29, 1.82) is 0 Å². The predicted octanol–water partition coefficient (Wildman–Crippen LogP) is 2.99. The minimum atomic E-state index is -0.594. The maximum Gasteiger partial charge on any atom is 0.274 e. The summed E-state index contributed by atoms with van der Waals surface area (Å²) >= 11 is 0. The molecule has 0 radical (unpaired) electrons. The Morgan fingerprint density at radius 1 is 0.970 bits per heavy atom. The lowest BCUT2D eigenvalue weighted by Gasteiger charge is -2.42. The first kappa shape index (κ1) is 22.5. The third-order valence-corrected chi connectivity index (χ3v) is 6.40. The molecule has 0 saturated carbocycles. The smallest absolute Gasteiger partial charge is 0.274 e. The molecule has 33 heavy (non-hydrogen) atoms. The van der Waals surface area contributed by atoms with Gasteiger partial charge >= 0.3 is 0 Å². The zero-order valence-corrected chi connectivity index (χ0v) is 19.0. The van der Waals surface area contributed by atoms with E-state index in [1.165, 1.54) is 12.1 Å². The lowest BCUT2D eigenvalue weighted by Crippen LogP contribution is -2.51. The Morgan fingerprint density at radius 3 is 2.27 bits per heavy atom. The van der Waals surface area contributed by atoms with Crippen LogP contribution in [0, 0.1) is 5.41 Å². The summed E-state index contributed by atoms with van der Waals surface area (Å²) in [6.07, 6.45) is 1.72. The lowest BCUT2D eigenvalue weighted by atomic mass is 9.71. The van der Waals surface area contributed by atoms with E-state index in [0.29, 0.717) is 32.4 Å². The second kappa shape index (κ2) is 9.40. The molecular formula is C26H28N4O3. The van der Waals surface area contributed by atoms with Gasteiger partial charge in [0.05, 0.1) is 5.41 Å². The van der Waals surface area contributed by atoms with Crippen LogP contribution in [-0.4, -0.2) is 59.0 Å². The Hall–Kier alpha value is -3.74. The number of aromatic amines is 1. The van der Waals surface area contributed by atoms with E-state index in [0.717, 1.165) is 16.7 Å². The van der Waals surface area contributed by atoms with Crippen LogP contribution in [0.2, 0.25) is 0 Å². The van der Waals surface area contributed by atoms with Gasteiger partial charge in [0.15, 0.2) is 0 Å². The summed E-state index contributed by atoms with van der Waals surface area (Å²) in [5, 5.41) is 6.17. The molecule has 2 heterocycles. The van der Waals surface area contributed by atoms with Crippen molar-refractivity contribution in [1.82, 2.24) is 20.0 Å². The molecule has 2 amide bonds. The Morgan fingerprint density at radius 2 is 1.64 bits per heavy atom. The topological polar surface area (TPSA) is 86.4 Å². The van der Waals surface area contributed by atoms with Crippen molar-refractivity contribution in [2.45, 2.75) is 19.3 Å². The van der Waals surface area contributed by atoms with Gasteiger partial charge < -0.3 is 9.80 Å². The van der Waals surface area contributed by atoms with E-state index in [1.807, 2.05) is 30.3 Å². The Bertz CT molecular complexity index is 1170. The number of piperidine rings is 1. The van der Waals surface area contributed by atoms with Crippen molar-refractivity contribution in [2.24, 2.45) is 5.41 Å². The van der Waals surface area contributed by atoms with E-state index in [2.05, 4.69) is 34.5 Å². The highest BCUT2D eigenvalue weighted by molar-refractivity contribution is 5.92. The number of hydrogen-bond acceptors (Lipinski definition) is 4. The van der Waals surface area contributed by atoms with Gasteiger partial charge in [0, 0.05) is 33.3 Å². The minimum absolute atomic E-state index is 0.0830. The van der Waals surface area contributed by atoms with Crippen LogP contribution >= 0.6 is 0 Å². The van der Waals surface area contributed by atoms with Crippen molar-refractivity contribution in [3.05, 3.63) is 88.3 Å². The first-order chi connectivity index (χ1) is 15.9. The van der Waals surface area contributed by atoms with Gasteiger partial charge in [-0.15, -0.1) is 0 Å². The van der Waals surface area contributed by atoms with Crippen LogP contribution in [0.25, 0.3) is 11.1 Å². The summed E-state index contributed by atoms with van der Waals surface area (Å²) in [6.45, 7) is 0.902. The molecule has 0 spiro atoms. The van der Waals surface area contributed by atoms with Crippen LogP contribution in [0.1, 0.15) is 28.9 Å². The Labute approximate surface area is 193 Å². The number of benzene rings is 2. The highest BCUT2D eigenvalue weighted by Gasteiger charge is 2.43. The summed E-state index contributed by atoms with van der Waals surface area (Å²) < 4.78 is 0. The van der Waals surface area contributed by atoms with E-state index >= 15 is 0 Å². The zero-order valence-electron chi connectivity index (χ0n) is 19.0. The number of nitrogens with one attached hydrogen (secondary N) is 1. The standard InChI is InChI=1S/C26H28N4O3/c1-29(2)25(33)26(18-20-10-6-7-11-21(20)19-8-4-3-5-9-19)14-16-30(17-15-26)24(32)22-12-13-23(31)28-27-22/h3-13H,14-18H2,1-2H3,(H,28,31). The highest BCUT2D eigenvalue weighted by atomic mass is 16.2. The number of nitrogens with zero attached hydrogens (tertiary/aromatic N) is 3. The van der Waals surface area contributed by atoms with Crippen LogP contribution in [0.4, 0.5) is 0 Å². The average Bonchev–Trinajstić information content (AvgIpc) is 2.85. The van der Waals surface area contributed by atoms with Crippen LogP contribution in [-0.2, 0) is 11.2 Å². The van der Waals surface area contributed by atoms with Gasteiger partial charge in [0.25, 0.3) is 11.5 Å². The van der Waals surface area contributed by atoms with Crippen molar-refractivity contribution in [3.8, 4) is 11.1 Å². The van der Waals surface area contributed by atoms with E-state index in [9.17, 15) is 14.4 Å². The van der Waals surface area contributed by atoms with Gasteiger partial charge in [0.2, 0.25) is 5.91 Å². The monoisotopic (exact) mass is 444 g/mol. The third kappa shape index (κ3) is 4.72. The molecular weight excluding hydrogens is 416 g/mol. The molecule has 1 aliphatic rings. The van der Waals surface area contributed by atoms with Gasteiger partial charge in [0.1, 0.15) is 5.69 Å². The van der Waals surface area contributed by atoms with E-state index in [1.54, 1.807) is 23.9 Å². The van der Waals surface area contributed by atoms with Gasteiger partial charge in [-0.25, -0.2) is 5.10 Å². The van der Waals surface area contributed by atoms with Crippen LogP contribution in [0.5, 0.6) is 0 Å². The average molecular weight is 445 g/mol. The van der Waals surface area contributed by atoms with E-state index in [4.69, 9.17) is 0 Å². The molecule has 1 N–H and O–H groups in total. The normalized spacial score (nSPS) is 15.2. The second-order valence-corrected chi connectivity index (χ2v) is 8.78. The molecule has 0 unspecified atom stereocenters. The number of carbonyl (C=O) groups excluding carboxylic acids is 2. The number of hydrogen-bond donors (Lipinski definition) is 1. The molecule has 0 bridgehead atoms. The van der Waals surface area contributed by atoms with Crippen molar-refractivity contribution in [2.75, 3.05) is 27.2 Å². The summed E-state index contributed by atoms with van der Waals surface area (Å²) in [5.41, 5.74) is 2.63. The van der Waals surface area contributed by atoms with Crippen LogP contribution in [0.3, 0.4) is 0 Å². The minimum Gasteiger partial charge on any atom is -0.348 e. The molecule has 0 atom stereocenters. The number of likely N-dealkylation sites (tertiary alicyclic amines) is 1. The fraction of sp³-hybridized carbons (Fsp3) is 0.308. The van der Waals surface area contributed by atoms with Crippen LogP contribution in [0.15, 0.2) is 71.5 Å². The van der Waals surface area contributed by atoms with Crippen molar-refractivity contribution < 1.29 is 9.59 Å². The van der Waals surface area contributed by atoms with E-state index < -0.39 is 5.41 Å². The zero-order chi connectivity index (χ0) is 23.4. The lowest BCUT2D eigenvalue weighted by molar-refractivity contribution is -0.142. The Kier molecular flexibility index (Phi) is 6.40. The molecule has 170 valence electrons. The number of rotatable bonds is 5. The van der Waals surface area contributed by atoms with Gasteiger partial charge in [-0.2, -0.15) is 5.10 Å². The van der Waals surface area contributed by atoms with Gasteiger partial charge in [-0.3, -0.25) is 14.4 Å². The fourth-order valence-corrected chi connectivity index (χ4v) is 4.64. The maximum absolute atomic E-state index is 13.4. The molecule has 1 saturated heterocycles. The van der Waals surface area contributed by atoms with E-state index in [-0.39, 0.29) is 23.1 Å². The predicted molar refractivity (Wildman–Crippen MR) is 127 cm³/mol. The first-order valence-corrected chi connectivity index (χ1v) is 11.1. The second-order valence-electron chi connectivity index (χ2n) is 8.78. The number of aromatic nitrogens is 2. The molecule has 7 nitrogen and oxygen atoms in total. The summed E-state index contributed by atoms with van der Waals surface area (Å²) in [6, 6.07) is 21.1. The molecule has 1 fully saturated rings. The quantitative estimate of drug-likeness (QED) is 0.656. The number of H-pyrrole nitrogens is 1.